The zero-order valence-corrected chi connectivity index (χ0v) is 8.91. The van der Waals surface area contributed by atoms with Gasteiger partial charge in [-0.25, -0.2) is 10.1 Å². The molecule has 0 bridgehead atoms. The maximum Gasteiger partial charge on any atom is 0.171 e. The first kappa shape index (κ1) is 10.9. The molecule has 0 amide bonds. The number of hydrogen-bond donors (Lipinski definition) is 0. The van der Waals surface area contributed by atoms with E-state index in [4.69, 9.17) is 5.26 Å². The number of anilines is 1. The lowest BCUT2D eigenvalue weighted by atomic mass is 10.1. The third kappa shape index (κ3) is 2.16. The number of rotatable bonds is 3. The van der Waals surface area contributed by atoms with Gasteiger partial charge in [-0.1, -0.05) is 35.3 Å². The number of nitriles is 1. The summed E-state index contributed by atoms with van der Waals surface area (Å²) in [5, 5.41) is 21.5. The highest BCUT2D eigenvalue weighted by Gasteiger charge is 2.16. The monoisotopic (exact) mass is 227 g/mol. The Labute approximate surface area is 97.6 Å². The quantitative estimate of drug-likeness (QED) is 0.458. The largest absolute Gasteiger partial charge is 0.234 e. The highest BCUT2D eigenvalue weighted by Crippen LogP contribution is 2.21. The number of nitrogens with zero attached hydrogens (tertiary/aromatic N) is 3. The molecule has 2 aromatic carbocycles. The zero-order valence-electron chi connectivity index (χ0n) is 8.91. The first-order valence-corrected chi connectivity index (χ1v) is 5.00. The molecule has 17 heavy (non-hydrogen) atoms. The molecular formula is C12H9N3O2. The minimum absolute atomic E-state index is 0.272. The second kappa shape index (κ2) is 4.49. The van der Waals surface area contributed by atoms with Gasteiger partial charge in [-0.05, 0) is 22.9 Å². The van der Waals surface area contributed by atoms with Crippen LogP contribution in [0.15, 0.2) is 42.5 Å². The van der Waals surface area contributed by atoms with E-state index >= 15 is 0 Å². The average Bonchev–Trinajstić information content (AvgIpc) is 2.35. The Bertz CT molecular complexity index is 604. The number of fused-ring (bicyclic) bond motifs is 1. The molecule has 2 aromatic rings. The van der Waals surface area contributed by atoms with Crippen molar-refractivity contribution in [3.05, 3.63) is 52.6 Å². The minimum Gasteiger partial charge on any atom is -0.234 e. The molecule has 0 unspecified atom stereocenters. The van der Waals surface area contributed by atoms with Gasteiger partial charge in [-0.3, -0.25) is 0 Å². The van der Waals surface area contributed by atoms with E-state index in [2.05, 4.69) is 0 Å². The van der Waals surface area contributed by atoms with Gasteiger partial charge in [0.1, 0.15) is 5.69 Å². The summed E-state index contributed by atoms with van der Waals surface area (Å²) < 4.78 is 0. The molecule has 0 heterocycles. The van der Waals surface area contributed by atoms with E-state index in [0.29, 0.717) is 5.69 Å². The van der Waals surface area contributed by atoms with E-state index in [1.807, 2.05) is 24.3 Å². The molecule has 0 spiro atoms. The highest BCUT2D eigenvalue weighted by molar-refractivity contribution is 5.85. The minimum atomic E-state index is -0.576. The number of hydrogen-bond acceptors (Lipinski definition) is 3. The van der Waals surface area contributed by atoms with Crippen LogP contribution in [0.2, 0.25) is 0 Å². The molecule has 0 radical (unpaired) electrons. The third-order valence-electron chi connectivity index (χ3n) is 2.45. The summed E-state index contributed by atoms with van der Waals surface area (Å²) in [4.78, 5) is 10.8. The Hall–Kier alpha value is -2.61. The number of nitro groups is 1. The lowest BCUT2D eigenvalue weighted by Gasteiger charge is -2.11. The van der Waals surface area contributed by atoms with E-state index in [1.54, 1.807) is 24.3 Å². The number of hydrazine groups is 1. The van der Waals surface area contributed by atoms with Crippen LogP contribution in [0.5, 0.6) is 0 Å². The molecule has 0 saturated carbocycles. The van der Waals surface area contributed by atoms with Crippen molar-refractivity contribution < 1.29 is 5.03 Å². The van der Waals surface area contributed by atoms with Gasteiger partial charge < -0.3 is 0 Å². The Morgan fingerprint density at radius 3 is 2.59 bits per heavy atom. The fourth-order valence-corrected chi connectivity index (χ4v) is 1.65. The van der Waals surface area contributed by atoms with Gasteiger partial charge in [0.15, 0.2) is 11.6 Å². The Balaban J connectivity index is 2.48. The Morgan fingerprint density at radius 2 is 1.94 bits per heavy atom. The van der Waals surface area contributed by atoms with Crippen molar-refractivity contribution in [3.63, 3.8) is 0 Å². The molecule has 84 valence electrons. The van der Waals surface area contributed by atoms with E-state index in [-0.39, 0.29) is 6.54 Å². The summed E-state index contributed by atoms with van der Waals surface area (Å²) in [7, 11) is 0. The van der Waals surface area contributed by atoms with Crippen LogP contribution in [0.4, 0.5) is 5.69 Å². The molecule has 0 aromatic heterocycles. The summed E-state index contributed by atoms with van der Waals surface area (Å²) in [5.74, 6) is 0. The van der Waals surface area contributed by atoms with Crippen LogP contribution >= 0.6 is 0 Å². The summed E-state index contributed by atoms with van der Waals surface area (Å²) in [6.07, 6.45) is 0. The molecule has 0 saturated heterocycles. The lowest BCUT2D eigenvalue weighted by molar-refractivity contribution is -0.492. The van der Waals surface area contributed by atoms with Crippen LogP contribution in [-0.4, -0.2) is 11.6 Å². The summed E-state index contributed by atoms with van der Waals surface area (Å²) in [5.41, 5.74) is 0.412. The van der Waals surface area contributed by atoms with E-state index < -0.39 is 5.03 Å². The van der Waals surface area contributed by atoms with Crippen molar-refractivity contribution >= 4 is 16.5 Å². The second-order valence-electron chi connectivity index (χ2n) is 3.49. The molecule has 0 aliphatic rings. The predicted molar refractivity (Wildman–Crippen MR) is 63.9 cm³/mol. The normalized spacial score (nSPS) is 9.82. The maximum absolute atomic E-state index is 10.8. The van der Waals surface area contributed by atoms with Crippen LogP contribution in [-0.2, 0) is 0 Å². The molecule has 0 N–H and O–H groups in total. The highest BCUT2D eigenvalue weighted by atomic mass is 16.7. The van der Waals surface area contributed by atoms with Gasteiger partial charge in [0.05, 0.1) is 6.07 Å². The molecule has 0 fully saturated rings. The van der Waals surface area contributed by atoms with Crippen molar-refractivity contribution in [2.24, 2.45) is 0 Å². The first-order chi connectivity index (χ1) is 8.22. The Morgan fingerprint density at radius 1 is 1.24 bits per heavy atom. The zero-order chi connectivity index (χ0) is 12.3. The molecule has 0 aliphatic heterocycles. The van der Waals surface area contributed by atoms with Crippen LogP contribution < -0.4 is 5.01 Å². The van der Waals surface area contributed by atoms with Gasteiger partial charge in [0.25, 0.3) is 0 Å². The third-order valence-corrected chi connectivity index (χ3v) is 2.45. The smallest absolute Gasteiger partial charge is 0.171 e. The summed E-state index contributed by atoms with van der Waals surface area (Å²) in [6.45, 7) is -0.272. The number of benzene rings is 2. The first-order valence-electron chi connectivity index (χ1n) is 5.00. The van der Waals surface area contributed by atoms with Crippen molar-refractivity contribution in [2.75, 3.05) is 11.6 Å². The predicted octanol–water partition coefficient (Wildman–Crippen LogP) is 2.36. The Kier molecular flexibility index (Phi) is 2.88. The van der Waals surface area contributed by atoms with Crippen LogP contribution in [0.1, 0.15) is 0 Å². The average molecular weight is 227 g/mol. The van der Waals surface area contributed by atoms with Crippen LogP contribution in [0.25, 0.3) is 10.8 Å². The molecular weight excluding hydrogens is 218 g/mol. The fraction of sp³-hybridized carbons (Fsp3) is 0.0833. The van der Waals surface area contributed by atoms with Crippen molar-refractivity contribution in [1.82, 2.24) is 0 Å². The second-order valence-corrected chi connectivity index (χ2v) is 3.49. The van der Waals surface area contributed by atoms with Crippen LogP contribution in [0, 0.1) is 21.4 Å². The van der Waals surface area contributed by atoms with Gasteiger partial charge >= 0.3 is 0 Å². The molecule has 5 heteroatoms. The fourth-order valence-electron chi connectivity index (χ4n) is 1.65. The molecule has 0 aliphatic carbocycles. The van der Waals surface area contributed by atoms with Gasteiger partial charge in [0.2, 0.25) is 0 Å². The lowest BCUT2D eigenvalue weighted by Crippen LogP contribution is -2.29. The van der Waals surface area contributed by atoms with E-state index in [9.17, 15) is 10.1 Å². The van der Waals surface area contributed by atoms with Gasteiger partial charge in [-0.15, -0.1) is 0 Å². The summed E-state index contributed by atoms with van der Waals surface area (Å²) in [6, 6.07) is 14.5. The SMILES string of the molecule is N#CCN(c1ccc2ccccc2c1)[N+](=O)[O-]. The topological polar surface area (TPSA) is 70.2 Å². The standard InChI is InChI=1S/C12H9N3O2/c13-7-8-14(15(16)17)12-6-5-10-3-1-2-4-11(10)9-12/h1-6,9H,8H2. The van der Waals surface area contributed by atoms with Crippen molar-refractivity contribution in [3.8, 4) is 6.07 Å². The van der Waals surface area contributed by atoms with Crippen molar-refractivity contribution in [2.45, 2.75) is 0 Å². The van der Waals surface area contributed by atoms with E-state index in [1.165, 1.54) is 0 Å². The van der Waals surface area contributed by atoms with Crippen molar-refractivity contribution in [1.29, 1.82) is 5.26 Å². The summed E-state index contributed by atoms with van der Waals surface area (Å²) >= 11 is 0. The van der Waals surface area contributed by atoms with E-state index in [0.717, 1.165) is 15.8 Å². The molecule has 2 rings (SSSR count). The van der Waals surface area contributed by atoms with Gasteiger partial charge in [0, 0.05) is 0 Å². The molecule has 0 atom stereocenters. The van der Waals surface area contributed by atoms with Gasteiger partial charge in [-0.2, -0.15) is 5.26 Å². The van der Waals surface area contributed by atoms with Crippen LogP contribution in [0.3, 0.4) is 0 Å². The molecule has 5 nitrogen and oxygen atoms in total. The maximum atomic E-state index is 10.8.